The predicted octanol–water partition coefficient (Wildman–Crippen LogP) is 6.61. The number of hydrogen-bond donors (Lipinski definition) is 0. The Labute approximate surface area is 165 Å². The van der Waals surface area contributed by atoms with Crippen molar-refractivity contribution in [1.29, 1.82) is 0 Å². The van der Waals surface area contributed by atoms with Gasteiger partial charge in [-0.15, -0.1) is 0 Å². The van der Waals surface area contributed by atoms with Crippen molar-refractivity contribution in [3.05, 3.63) is 46.1 Å². The molecular weight excluding hydrogens is 363 g/mol. The summed E-state index contributed by atoms with van der Waals surface area (Å²) in [5, 5.41) is 0. The number of hydrogen-bond acceptors (Lipinski definition) is 0. The molecule has 0 amide bonds. The van der Waals surface area contributed by atoms with E-state index < -0.39 is 15.2 Å². The Balaban J connectivity index is 1.65. The van der Waals surface area contributed by atoms with Crippen molar-refractivity contribution in [1.82, 2.24) is 0 Å². The third-order valence-corrected chi connectivity index (χ3v) is 33.0. The molecule has 1 radical (unpaired) electrons. The minimum absolute atomic E-state index is 0.0251. The highest BCUT2D eigenvalue weighted by Crippen LogP contribution is 2.88. The Morgan fingerprint density at radius 1 is 1.00 bits per heavy atom. The Hall–Kier alpha value is -0.676. The minimum atomic E-state index is -1.27. The second-order valence-corrected chi connectivity index (χ2v) is 27.6. The van der Waals surface area contributed by atoms with Crippen molar-refractivity contribution in [2.75, 3.05) is 0 Å². The second-order valence-electron chi connectivity index (χ2n) is 11.6. The van der Waals surface area contributed by atoms with Gasteiger partial charge in [0.05, 0.1) is 0 Å². The van der Waals surface area contributed by atoms with Crippen molar-refractivity contribution >= 4 is 21.3 Å². The van der Waals surface area contributed by atoms with Crippen LogP contribution in [0.1, 0.15) is 55.7 Å². The molecule has 143 valence electrons. The van der Waals surface area contributed by atoms with Crippen molar-refractivity contribution < 1.29 is 4.39 Å². The van der Waals surface area contributed by atoms with Gasteiger partial charge in [0.25, 0.3) is 0 Å². The van der Waals surface area contributed by atoms with Crippen LogP contribution in [-0.2, 0) is 11.8 Å². The smallest absolute Gasteiger partial charge is 0.127 e. The van der Waals surface area contributed by atoms with Gasteiger partial charge in [0.15, 0.2) is 0 Å². The van der Waals surface area contributed by atoms with Gasteiger partial charge in [-0.05, 0) is 96.0 Å². The van der Waals surface area contributed by atoms with Crippen LogP contribution in [0.2, 0.25) is 30.8 Å². The lowest BCUT2D eigenvalue weighted by Gasteiger charge is -2.65. The molecule has 0 nitrogen and oxygen atoms in total. The second kappa shape index (κ2) is 4.72. The highest BCUT2D eigenvalue weighted by molar-refractivity contribution is 7.61. The minimum Gasteiger partial charge on any atom is -0.207 e. The Morgan fingerprint density at radius 3 is 2.22 bits per heavy atom. The first-order valence-electron chi connectivity index (χ1n) is 11.0. The number of benzene rings is 1. The molecule has 0 N–H and O–H groups in total. The van der Waals surface area contributed by atoms with E-state index in [9.17, 15) is 4.39 Å². The molecule has 1 spiro atoms. The molecule has 7 rings (SSSR count). The van der Waals surface area contributed by atoms with E-state index in [1.807, 2.05) is 12.0 Å². The van der Waals surface area contributed by atoms with Crippen LogP contribution in [0.5, 0.6) is 0 Å². The molecule has 0 aromatic heterocycles. The molecule has 5 aliphatic carbocycles. The van der Waals surface area contributed by atoms with Crippen molar-refractivity contribution in [3.63, 3.8) is 0 Å². The van der Waals surface area contributed by atoms with Gasteiger partial charge < -0.3 is 0 Å². The summed E-state index contributed by atoms with van der Waals surface area (Å²) >= 11 is 0. The van der Waals surface area contributed by atoms with Crippen LogP contribution in [0.25, 0.3) is 6.08 Å². The third kappa shape index (κ3) is 1.62. The van der Waals surface area contributed by atoms with E-state index in [4.69, 9.17) is 0 Å². The van der Waals surface area contributed by atoms with E-state index in [2.05, 4.69) is 45.3 Å². The van der Waals surface area contributed by atoms with E-state index in [0.717, 1.165) is 23.8 Å². The summed E-state index contributed by atoms with van der Waals surface area (Å²) in [5.41, 5.74) is 5.56. The van der Waals surface area contributed by atoms with Gasteiger partial charge in [-0.1, -0.05) is 43.9 Å². The van der Waals surface area contributed by atoms with E-state index in [0.29, 0.717) is 10.1 Å². The Morgan fingerprint density at radius 2 is 1.63 bits per heavy atom. The average Bonchev–Trinajstić information content (AvgIpc) is 2.82. The molecule has 5 fully saturated rings. The molecule has 1 heterocycles. The number of allylic oxidation sites excluding steroid dienone is 1. The summed E-state index contributed by atoms with van der Waals surface area (Å²) in [6.07, 6.45) is 10.3. The lowest BCUT2D eigenvalue weighted by Crippen LogP contribution is -2.57. The molecule has 1 aliphatic heterocycles. The van der Waals surface area contributed by atoms with E-state index in [1.54, 1.807) is 5.56 Å². The van der Waals surface area contributed by atoms with Crippen LogP contribution in [-0.4, -0.2) is 15.2 Å². The highest BCUT2D eigenvalue weighted by atomic mass is 29.3. The topological polar surface area (TPSA) is 0 Å². The SMILES string of the molecule is CC1=Cc2c(C34CC5C[C](CC(C5)C3)C43[Si](C)(C)[Si]3(C)C)ccc(F)c2C1. The van der Waals surface area contributed by atoms with Gasteiger partial charge in [-0.2, -0.15) is 0 Å². The summed E-state index contributed by atoms with van der Waals surface area (Å²) in [4.78, 5) is 0. The van der Waals surface area contributed by atoms with Gasteiger partial charge in [-0.25, -0.2) is 4.39 Å². The maximum atomic E-state index is 14.7. The van der Waals surface area contributed by atoms with Crippen LogP contribution >= 0.6 is 0 Å². The fourth-order valence-electron chi connectivity index (χ4n) is 9.54. The van der Waals surface area contributed by atoms with Gasteiger partial charge in [0.2, 0.25) is 0 Å². The lowest BCUT2D eigenvalue weighted by atomic mass is 9.46. The normalized spacial score (nSPS) is 39.0. The first kappa shape index (κ1) is 17.2. The first-order valence-corrected chi connectivity index (χ1v) is 18.0. The first-order chi connectivity index (χ1) is 12.7. The summed E-state index contributed by atoms with van der Waals surface area (Å²) in [7, 11) is -2.55. The van der Waals surface area contributed by atoms with Crippen LogP contribution < -0.4 is 0 Å². The number of halogens is 1. The number of rotatable bonds is 1. The van der Waals surface area contributed by atoms with E-state index >= 15 is 0 Å². The van der Waals surface area contributed by atoms with Gasteiger partial charge in [0.1, 0.15) is 5.82 Å². The molecular formula is C24H32FSi2. The molecule has 6 aliphatic rings. The fourth-order valence-corrected chi connectivity index (χ4v) is 32.3. The molecule has 2 unspecified atom stereocenters. The van der Waals surface area contributed by atoms with Gasteiger partial charge in [-0.3, -0.25) is 0 Å². The standard InChI is InChI=1S/C24H32FSi2/c1-15-8-19-20(9-15)22(25)7-6-21(19)23-13-16-10-17(14-23)12-18(11-16)24(23)26(2,3)27(24,4)5/h6-8,16-17H,9-14H2,1-5H3. The largest absolute Gasteiger partial charge is 0.207 e. The maximum absolute atomic E-state index is 14.7. The third-order valence-electron chi connectivity index (χ3n) is 10.3. The van der Waals surface area contributed by atoms with Gasteiger partial charge in [0, 0.05) is 15.2 Å². The maximum Gasteiger partial charge on any atom is 0.127 e. The zero-order valence-electron chi connectivity index (χ0n) is 17.5. The quantitative estimate of drug-likeness (QED) is 0.469. The van der Waals surface area contributed by atoms with Crippen LogP contribution in [0.4, 0.5) is 4.39 Å². The summed E-state index contributed by atoms with van der Waals surface area (Å²) in [6, 6.07) is 4.06. The van der Waals surface area contributed by atoms with Crippen molar-refractivity contribution in [2.45, 2.75) is 81.7 Å². The van der Waals surface area contributed by atoms with Crippen LogP contribution in [0.3, 0.4) is 0 Å². The zero-order chi connectivity index (χ0) is 19.0. The fraction of sp³-hybridized carbons (Fsp3) is 0.625. The highest BCUT2D eigenvalue weighted by Gasteiger charge is 2.90. The molecule has 4 bridgehead atoms. The van der Waals surface area contributed by atoms with E-state index in [-0.39, 0.29) is 5.82 Å². The van der Waals surface area contributed by atoms with Crippen molar-refractivity contribution in [3.8, 4) is 0 Å². The summed E-state index contributed by atoms with van der Waals surface area (Å²) < 4.78 is 15.3. The monoisotopic (exact) mass is 395 g/mol. The van der Waals surface area contributed by atoms with Crippen LogP contribution in [0, 0.1) is 23.6 Å². The molecule has 4 saturated carbocycles. The Kier molecular flexibility index (Phi) is 3.01. The van der Waals surface area contributed by atoms with Crippen LogP contribution in [0.15, 0.2) is 17.7 Å². The molecule has 3 heteroatoms. The van der Waals surface area contributed by atoms with Crippen molar-refractivity contribution in [2.24, 2.45) is 11.8 Å². The summed E-state index contributed by atoms with van der Waals surface area (Å²) in [5.74, 6) is 3.84. The molecule has 27 heavy (non-hydrogen) atoms. The van der Waals surface area contributed by atoms with Gasteiger partial charge >= 0.3 is 0 Å². The molecule has 1 aromatic carbocycles. The molecule has 1 saturated heterocycles. The summed E-state index contributed by atoms with van der Waals surface area (Å²) in [6.45, 7) is 13.1. The number of fused-ring (bicyclic) bond motifs is 1. The molecule has 1 aromatic rings. The molecule has 2 atom stereocenters. The van der Waals surface area contributed by atoms with E-state index in [1.165, 1.54) is 43.2 Å². The Bertz CT molecular complexity index is 881. The average molecular weight is 396 g/mol. The lowest BCUT2D eigenvalue weighted by molar-refractivity contribution is 0.0506. The zero-order valence-corrected chi connectivity index (χ0v) is 19.5. The predicted molar refractivity (Wildman–Crippen MR) is 116 cm³/mol.